The molecule has 1 N–H and O–H groups in total. The molecule has 4 nitrogen and oxygen atoms in total. The minimum Gasteiger partial charge on any atom is -0.491 e. The molecule has 0 aliphatic carbocycles. The second kappa shape index (κ2) is 7.10. The summed E-state index contributed by atoms with van der Waals surface area (Å²) in [6.07, 6.45) is 3.72. The molecule has 0 saturated carbocycles. The van der Waals surface area contributed by atoms with Gasteiger partial charge in [-0.25, -0.2) is 0 Å². The topological polar surface area (TPSA) is 39.1 Å². The number of aromatic nitrogens is 2. The molecule has 1 unspecified atom stereocenters. The standard InChI is InChI=1S/C16H23N3O/c1-4-17-14(3)15-6-7-16(13(2)12-15)20-11-10-19-9-5-8-18-19/h5-9,12,14,17H,4,10-11H2,1-3H3. The zero-order chi connectivity index (χ0) is 14.4. The van der Waals surface area contributed by atoms with Gasteiger partial charge in [-0.15, -0.1) is 0 Å². The Morgan fingerprint density at radius 2 is 2.25 bits per heavy atom. The van der Waals surface area contributed by atoms with Gasteiger partial charge < -0.3 is 10.1 Å². The number of hydrogen-bond donors (Lipinski definition) is 1. The lowest BCUT2D eigenvalue weighted by molar-refractivity contribution is 0.289. The van der Waals surface area contributed by atoms with E-state index in [9.17, 15) is 0 Å². The summed E-state index contributed by atoms with van der Waals surface area (Å²) in [6.45, 7) is 8.76. The van der Waals surface area contributed by atoms with Gasteiger partial charge in [0.1, 0.15) is 12.4 Å². The van der Waals surface area contributed by atoms with Crippen molar-refractivity contribution in [2.24, 2.45) is 0 Å². The molecule has 1 atom stereocenters. The fourth-order valence-electron chi connectivity index (χ4n) is 2.21. The van der Waals surface area contributed by atoms with E-state index in [4.69, 9.17) is 4.74 Å². The molecule has 108 valence electrons. The number of nitrogens with one attached hydrogen (secondary N) is 1. The largest absolute Gasteiger partial charge is 0.491 e. The van der Waals surface area contributed by atoms with Crippen molar-refractivity contribution in [3.8, 4) is 5.75 Å². The van der Waals surface area contributed by atoms with E-state index in [2.05, 4.69) is 49.4 Å². The molecular formula is C16H23N3O. The van der Waals surface area contributed by atoms with Gasteiger partial charge in [0.2, 0.25) is 0 Å². The molecule has 0 bridgehead atoms. The lowest BCUT2D eigenvalue weighted by Gasteiger charge is -2.15. The van der Waals surface area contributed by atoms with Crippen LogP contribution in [-0.4, -0.2) is 22.9 Å². The Labute approximate surface area is 120 Å². The first-order valence-electron chi connectivity index (χ1n) is 7.15. The Balaban J connectivity index is 1.92. The van der Waals surface area contributed by atoms with E-state index in [1.807, 2.05) is 16.9 Å². The molecule has 1 heterocycles. The maximum atomic E-state index is 5.82. The maximum Gasteiger partial charge on any atom is 0.122 e. The third-order valence-corrected chi connectivity index (χ3v) is 3.35. The van der Waals surface area contributed by atoms with Gasteiger partial charge >= 0.3 is 0 Å². The van der Waals surface area contributed by atoms with E-state index in [-0.39, 0.29) is 0 Å². The van der Waals surface area contributed by atoms with Crippen molar-refractivity contribution >= 4 is 0 Å². The molecule has 0 fully saturated rings. The molecule has 4 heteroatoms. The van der Waals surface area contributed by atoms with E-state index in [0.717, 1.165) is 18.8 Å². The van der Waals surface area contributed by atoms with Gasteiger partial charge in [-0.3, -0.25) is 4.68 Å². The molecule has 0 aliphatic heterocycles. The van der Waals surface area contributed by atoms with Gasteiger partial charge in [-0.1, -0.05) is 19.1 Å². The van der Waals surface area contributed by atoms with E-state index < -0.39 is 0 Å². The highest BCUT2D eigenvalue weighted by Gasteiger charge is 2.06. The summed E-state index contributed by atoms with van der Waals surface area (Å²) < 4.78 is 7.70. The van der Waals surface area contributed by atoms with Gasteiger partial charge in [0.05, 0.1) is 6.54 Å². The minimum atomic E-state index is 0.372. The fraction of sp³-hybridized carbons (Fsp3) is 0.438. The third-order valence-electron chi connectivity index (χ3n) is 3.35. The molecule has 0 spiro atoms. The van der Waals surface area contributed by atoms with Crippen molar-refractivity contribution in [2.45, 2.75) is 33.4 Å². The predicted molar refractivity (Wildman–Crippen MR) is 81.0 cm³/mol. The SMILES string of the molecule is CCNC(C)c1ccc(OCCn2cccn2)c(C)c1. The van der Waals surface area contributed by atoms with Gasteiger partial charge in [0, 0.05) is 18.4 Å². The molecule has 0 aliphatic rings. The Hall–Kier alpha value is -1.81. The number of ether oxygens (including phenoxy) is 1. The van der Waals surface area contributed by atoms with Crippen molar-refractivity contribution in [3.05, 3.63) is 47.8 Å². The van der Waals surface area contributed by atoms with Crippen LogP contribution in [0.3, 0.4) is 0 Å². The van der Waals surface area contributed by atoms with Crippen LogP contribution < -0.4 is 10.1 Å². The second-order valence-electron chi connectivity index (χ2n) is 4.92. The van der Waals surface area contributed by atoms with Crippen LogP contribution in [0.2, 0.25) is 0 Å². The average molecular weight is 273 g/mol. The fourth-order valence-corrected chi connectivity index (χ4v) is 2.21. The van der Waals surface area contributed by atoms with Gasteiger partial charge in [-0.05, 0) is 43.7 Å². The summed E-state index contributed by atoms with van der Waals surface area (Å²) in [7, 11) is 0. The zero-order valence-corrected chi connectivity index (χ0v) is 12.5. The monoisotopic (exact) mass is 273 g/mol. The van der Waals surface area contributed by atoms with Crippen molar-refractivity contribution in [1.82, 2.24) is 15.1 Å². The summed E-state index contributed by atoms with van der Waals surface area (Å²) in [6, 6.07) is 8.67. The molecule has 2 rings (SSSR count). The van der Waals surface area contributed by atoms with E-state index >= 15 is 0 Å². The Bertz CT molecular complexity index is 523. The van der Waals surface area contributed by atoms with Gasteiger partial charge in [0.25, 0.3) is 0 Å². The summed E-state index contributed by atoms with van der Waals surface area (Å²) in [5, 5.41) is 7.57. The zero-order valence-electron chi connectivity index (χ0n) is 12.5. The Morgan fingerprint density at radius 3 is 2.90 bits per heavy atom. The van der Waals surface area contributed by atoms with Gasteiger partial charge in [-0.2, -0.15) is 5.10 Å². The Morgan fingerprint density at radius 1 is 1.40 bits per heavy atom. The quantitative estimate of drug-likeness (QED) is 0.843. The van der Waals surface area contributed by atoms with Crippen LogP contribution in [0.25, 0.3) is 0 Å². The van der Waals surface area contributed by atoms with Crippen LogP contribution in [0, 0.1) is 6.92 Å². The van der Waals surface area contributed by atoms with E-state index in [1.54, 1.807) is 6.20 Å². The first-order valence-corrected chi connectivity index (χ1v) is 7.15. The Kier molecular flexibility index (Phi) is 5.18. The minimum absolute atomic E-state index is 0.372. The number of nitrogens with zero attached hydrogens (tertiary/aromatic N) is 2. The van der Waals surface area contributed by atoms with Crippen molar-refractivity contribution < 1.29 is 4.74 Å². The lowest BCUT2D eigenvalue weighted by atomic mass is 10.1. The van der Waals surface area contributed by atoms with Crippen LogP contribution in [-0.2, 0) is 6.54 Å². The van der Waals surface area contributed by atoms with Crippen LogP contribution >= 0.6 is 0 Å². The summed E-state index contributed by atoms with van der Waals surface area (Å²) in [5.41, 5.74) is 2.47. The first-order chi connectivity index (χ1) is 9.70. The molecule has 20 heavy (non-hydrogen) atoms. The predicted octanol–water partition coefficient (Wildman–Crippen LogP) is 2.94. The summed E-state index contributed by atoms with van der Waals surface area (Å²) in [4.78, 5) is 0. The van der Waals surface area contributed by atoms with Crippen molar-refractivity contribution in [3.63, 3.8) is 0 Å². The first kappa shape index (κ1) is 14.6. The average Bonchev–Trinajstić information content (AvgIpc) is 2.94. The highest BCUT2D eigenvalue weighted by molar-refractivity contribution is 5.37. The third kappa shape index (κ3) is 3.84. The van der Waals surface area contributed by atoms with Crippen LogP contribution in [0.15, 0.2) is 36.7 Å². The summed E-state index contributed by atoms with van der Waals surface area (Å²) >= 11 is 0. The molecule has 2 aromatic rings. The molecule has 0 radical (unpaired) electrons. The molecule has 0 amide bonds. The normalized spacial score (nSPS) is 12.3. The van der Waals surface area contributed by atoms with Crippen molar-refractivity contribution in [1.29, 1.82) is 0 Å². The van der Waals surface area contributed by atoms with E-state index in [1.165, 1.54) is 11.1 Å². The van der Waals surface area contributed by atoms with Crippen molar-refractivity contribution in [2.75, 3.05) is 13.2 Å². The van der Waals surface area contributed by atoms with Crippen LogP contribution in [0.5, 0.6) is 5.75 Å². The van der Waals surface area contributed by atoms with Crippen LogP contribution in [0.1, 0.15) is 31.0 Å². The molecule has 0 saturated heterocycles. The van der Waals surface area contributed by atoms with Crippen LogP contribution in [0.4, 0.5) is 0 Å². The smallest absolute Gasteiger partial charge is 0.122 e. The summed E-state index contributed by atoms with van der Waals surface area (Å²) in [5.74, 6) is 0.949. The molecule has 1 aromatic heterocycles. The number of rotatable bonds is 7. The number of hydrogen-bond acceptors (Lipinski definition) is 3. The van der Waals surface area contributed by atoms with E-state index in [0.29, 0.717) is 12.6 Å². The second-order valence-corrected chi connectivity index (χ2v) is 4.92. The highest BCUT2D eigenvalue weighted by Crippen LogP contribution is 2.22. The van der Waals surface area contributed by atoms with Gasteiger partial charge in [0.15, 0.2) is 0 Å². The lowest BCUT2D eigenvalue weighted by Crippen LogP contribution is -2.17. The number of aryl methyl sites for hydroxylation is 1. The molecule has 1 aromatic carbocycles. The maximum absolute atomic E-state index is 5.82. The highest BCUT2D eigenvalue weighted by atomic mass is 16.5. The number of benzene rings is 1. The molecular weight excluding hydrogens is 250 g/mol.